The van der Waals surface area contributed by atoms with Gasteiger partial charge in [0.15, 0.2) is 5.78 Å². The van der Waals surface area contributed by atoms with Crippen molar-refractivity contribution in [3.8, 4) is 0 Å². The molecular formula is C19H26N2O4. The zero-order chi connectivity index (χ0) is 18.1. The molecular weight excluding hydrogens is 320 g/mol. The van der Waals surface area contributed by atoms with Gasteiger partial charge in [-0.3, -0.25) is 9.59 Å². The molecule has 0 radical (unpaired) electrons. The lowest BCUT2D eigenvalue weighted by Gasteiger charge is -2.16. The van der Waals surface area contributed by atoms with Gasteiger partial charge in [-0.25, -0.2) is 0 Å². The van der Waals surface area contributed by atoms with Crippen LogP contribution in [0, 0.1) is 0 Å². The van der Waals surface area contributed by atoms with Gasteiger partial charge in [0.1, 0.15) is 12.4 Å². The van der Waals surface area contributed by atoms with Gasteiger partial charge in [-0.05, 0) is 24.8 Å². The minimum Gasteiger partial charge on any atom is -0.365 e. The van der Waals surface area contributed by atoms with Gasteiger partial charge in [0.25, 0.3) is 0 Å². The van der Waals surface area contributed by atoms with E-state index < -0.39 is 12.1 Å². The van der Waals surface area contributed by atoms with Crippen LogP contribution in [0.2, 0.25) is 0 Å². The molecule has 25 heavy (non-hydrogen) atoms. The number of unbranched alkanes of at least 4 members (excludes halogenated alkanes) is 2. The van der Waals surface area contributed by atoms with Crippen LogP contribution in [0.15, 0.2) is 30.3 Å². The fourth-order valence-corrected chi connectivity index (χ4v) is 2.66. The molecule has 0 aliphatic carbocycles. The summed E-state index contributed by atoms with van der Waals surface area (Å²) in [7, 11) is 0. The third-order valence-corrected chi connectivity index (χ3v) is 4.26. The van der Waals surface area contributed by atoms with E-state index in [2.05, 4.69) is 5.32 Å². The van der Waals surface area contributed by atoms with Gasteiger partial charge in [0.2, 0.25) is 5.91 Å². The van der Waals surface area contributed by atoms with Crippen molar-refractivity contribution in [1.82, 2.24) is 5.32 Å². The van der Waals surface area contributed by atoms with Crippen LogP contribution in [0.3, 0.4) is 0 Å². The van der Waals surface area contributed by atoms with Crippen molar-refractivity contribution in [3.63, 3.8) is 0 Å². The van der Waals surface area contributed by atoms with Crippen LogP contribution >= 0.6 is 0 Å². The average Bonchev–Trinajstić information content (AvgIpc) is 3.46. The Balaban J connectivity index is 1.62. The number of nitrogens with one attached hydrogen (secondary N) is 1. The molecule has 136 valence electrons. The molecule has 1 aliphatic heterocycles. The van der Waals surface area contributed by atoms with Gasteiger partial charge in [0, 0.05) is 6.42 Å². The number of carbonyl (C=O) groups excluding carboxylic acids is 3. The maximum atomic E-state index is 12.1. The molecule has 6 nitrogen and oxygen atoms in total. The lowest BCUT2D eigenvalue weighted by molar-refractivity contribution is -0.125. The highest BCUT2D eigenvalue weighted by Gasteiger charge is 2.30. The Morgan fingerprint density at radius 1 is 1.24 bits per heavy atom. The van der Waals surface area contributed by atoms with Crippen LogP contribution in [-0.2, 0) is 25.5 Å². The second-order valence-corrected chi connectivity index (χ2v) is 6.44. The number of rotatable bonds is 12. The third-order valence-electron chi connectivity index (χ3n) is 4.26. The van der Waals surface area contributed by atoms with E-state index in [-0.39, 0.29) is 17.8 Å². The van der Waals surface area contributed by atoms with Crippen molar-refractivity contribution >= 4 is 18.0 Å². The summed E-state index contributed by atoms with van der Waals surface area (Å²) in [5, 5.41) is 2.69. The van der Waals surface area contributed by atoms with E-state index >= 15 is 0 Å². The van der Waals surface area contributed by atoms with Crippen molar-refractivity contribution in [3.05, 3.63) is 35.9 Å². The fourth-order valence-electron chi connectivity index (χ4n) is 2.66. The van der Waals surface area contributed by atoms with Crippen molar-refractivity contribution < 1.29 is 19.1 Å². The Hall–Kier alpha value is -2.05. The molecule has 1 fully saturated rings. The summed E-state index contributed by atoms with van der Waals surface area (Å²) in [5.41, 5.74) is 6.88. The zero-order valence-electron chi connectivity index (χ0n) is 14.4. The number of nitrogens with two attached hydrogens (primary N) is 1. The summed E-state index contributed by atoms with van der Waals surface area (Å²) in [6.07, 6.45) is 4.50. The lowest BCUT2D eigenvalue weighted by atomic mass is 10.0. The first-order chi connectivity index (χ1) is 12.1. The molecule has 6 heteroatoms. The number of carbonyl (C=O) groups is 3. The highest BCUT2D eigenvalue weighted by Crippen LogP contribution is 2.15. The number of ketones is 1. The van der Waals surface area contributed by atoms with Gasteiger partial charge >= 0.3 is 0 Å². The third kappa shape index (κ3) is 7.15. The van der Waals surface area contributed by atoms with Crippen LogP contribution in [0.5, 0.6) is 0 Å². The first kappa shape index (κ1) is 19.3. The Morgan fingerprint density at radius 3 is 2.60 bits per heavy atom. The van der Waals surface area contributed by atoms with E-state index in [1.54, 1.807) is 0 Å². The Labute approximate surface area is 148 Å². The maximum absolute atomic E-state index is 12.1. The van der Waals surface area contributed by atoms with Gasteiger partial charge in [-0.2, -0.15) is 0 Å². The minimum absolute atomic E-state index is 0.164. The van der Waals surface area contributed by atoms with Gasteiger partial charge in [-0.15, -0.1) is 0 Å². The van der Waals surface area contributed by atoms with Crippen LogP contribution in [0.1, 0.15) is 37.7 Å². The largest absolute Gasteiger partial charge is 0.365 e. The molecule has 1 aliphatic rings. The van der Waals surface area contributed by atoms with Crippen LogP contribution in [0.25, 0.3) is 0 Å². The fraction of sp³-hybridized carbons (Fsp3) is 0.526. The maximum Gasteiger partial charge on any atom is 0.237 e. The Kier molecular flexibility index (Phi) is 7.76. The van der Waals surface area contributed by atoms with Crippen molar-refractivity contribution in [2.45, 2.75) is 56.7 Å². The predicted octanol–water partition coefficient (Wildman–Crippen LogP) is 1.16. The van der Waals surface area contributed by atoms with Crippen molar-refractivity contribution in [2.24, 2.45) is 5.73 Å². The highest BCUT2D eigenvalue weighted by atomic mass is 16.6. The molecule has 1 aromatic rings. The zero-order valence-corrected chi connectivity index (χ0v) is 14.4. The second kappa shape index (κ2) is 10.1. The van der Waals surface area contributed by atoms with E-state index in [0.717, 1.165) is 31.1 Å². The molecule has 1 heterocycles. The van der Waals surface area contributed by atoms with Crippen molar-refractivity contribution in [1.29, 1.82) is 0 Å². The Morgan fingerprint density at radius 2 is 1.96 bits per heavy atom. The van der Waals surface area contributed by atoms with E-state index in [9.17, 15) is 14.4 Å². The molecule has 2 rings (SSSR count). The number of benzene rings is 1. The van der Waals surface area contributed by atoms with E-state index in [4.69, 9.17) is 10.5 Å². The van der Waals surface area contributed by atoms with Crippen LogP contribution in [-0.4, -0.2) is 42.8 Å². The summed E-state index contributed by atoms with van der Waals surface area (Å²) in [4.78, 5) is 34.8. The number of epoxide rings is 1. The van der Waals surface area contributed by atoms with Gasteiger partial charge < -0.3 is 20.6 Å². The molecule has 0 aromatic heterocycles. The summed E-state index contributed by atoms with van der Waals surface area (Å²) < 4.78 is 4.94. The Bertz CT molecular complexity index is 572. The second-order valence-electron chi connectivity index (χ2n) is 6.44. The number of hydrogen-bond donors (Lipinski definition) is 2. The van der Waals surface area contributed by atoms with E-state index in [0.29, 0.717) is 25.9 Å². The molecule has 1 saturated heterocycles. The number of ether oxygens (including phenoxy) is 1. The smallest absolute Gasteiger partial charge is 0.237 e. The van der Waals surface area contributed by atoms with Crippen LogP contribution in [0.4, 0.5) is 0 Å². The molecule has 0 unspecified atom stereocenters. The first-order valence-electron chi connectivity index (χ1n) is 8.79. The number of amides is 1. The number of hydrogen-bond acceptors (Lipinski definition) is 5. The lowest BCUT2D eigenvalue weighted by Crippen LogP contribution is -2.46. The summed E-state index contributed by atoms with van der Waals surface area (Å²) in [5.74, 6) is -0.146. The monoisotopic (exact) mass is 346 g/mol. The molecule has 3 N–H and O–H groups in total. The minimum atomic E-state index is -0.638. The number of Topliss-reactive ketones (excluding diaryl/α,β-unsaturated/α-hetero) is 1. The molecule has 0 saturated carbocycles. The quantitative estimate of drug-likeness (QED) is 0.336. The van der Waals surface area contributed by atoms with Gasteiger partial charge in [0.05, 0.1) is 18.7 Å². The standard InChI is InChI=1S/C19H26N2O4/c20-16(9-5-2-6-10-17(23)18-13-25-18)19(24)21-15(12-22)11-14-7-3-1-4-8-14/h1,3-4,7-8,12,15-16,18H,2,5-6,9-11,13,20H2,(H,21,24)/t15-,16-,18-/m0/s1. The molecule has 1 amide bonds. The SMILES string of the molecule is N[C@@H](CCCCCC(=O)[C@@H]1CO1)C(=O)N[C@H](C=O)Cc1ccccc1. The van der Waals surface area contributed by atoms with E-state index in [1.807, 2.05) is 30.3 Å². The van der Waals surface area contributed by atoms with Crippen molar-refractivity contribution in [2.75, 3.05) is 6.61 Å². The normalized spacial score (nSPS) is 18.2. The topological polar surface area (TPSA) is 102 Å². The average molecular weight is 346 g/mol. The molecule has 0 spiro atoms. The summed E-state index contributed by atoms with van der Waals surface area (Å²) in [6.45, 7) is 0.560. The molecule has 0 bridgehead atoms. The summed E-state index contributed by atoms with van der Waals surface area (Å²) >= 11 is 0. The highest BCUT2D eigenvalue weighted by molar-refractivity contribution is 5.85. The van der Waals surface area contributed by atoms with Crippen LogP contribution < -0.4 is 11.1 Å². The molecule has 1 aromatic carbocycles. The predicted molar refractivity (Wildman–Crippen MR) is 93.9 cm³/mol. The number of aldehydes is 1. The first-order valence-corrected chi connectivity index (χ1v) is 8.79. The molecule has 3 atom stereocenters. The van der Waals surface area contributed by atoms with E-state index in [1.165, 1.54) is 0 Å². The summed E-state index contributed by atoms with van der Waals surface area (Å²) in [6, 6.07) is 8.31. The van der Waals surface area contributed by atoms with Gasteiger partial charge in [-0.1, -0.05) is 43.2 Å².